The maximum atomic E-state index is 12.6. The highest BCUT2D eigenvalue weighted by Crippen LogP contribution is 2.20. The van der Waals surface area contributed by atoms with Gasteiger partial charge in [-0.3, -0.25) is 4.79 Å². The average molecular weight is 305 g/mol. The van der Waals surface area contributed by atoms with Crippen LogP contribution in [0.4, 0.5) is 0 Å². The lowest BCUT2D eigenvalue weighted by Crippen LogP contribution is -2.28. The van der Waals surface area contributed by atoms with E-state index in [9.17, 15) is 4.79 Å². The predicted octanol–water partition coefficient (Wildman–Crippen LogP) is 3.69. The molecule has 0 unspecified atom stereocenters. The molecule has 0 fully saturated rings. The molecule has 4 heteroatoms. The molecule has 0 amide bonds. The molecule has 1 heterocycles. The fourth-order valence-corrected chi connectivity index (χ4v) is 2.47. The smallest absolute Gasteiger partial charge is 0.255 e. The minimum Gasteiger partial charge on any atom is -0.312 e. The van der Waals surface area contributed by atoms with Gasteiger partial charge in [0.25, 0.3) is 5.56 Å². The lowest BCUT2D eigenvalue weighted by molar-refractivity contribution is 0.654. The molecule has 0 bridgehead atoms. The topological polar surface area (TPSA) is 34.0 Å². The Balaban J connectivity index is 2.37. The van der Waals surface area contributed by atoms with Crippen LogP contribution in [0.1, 0.15) is 25.8 Å². The normalized spacial score (nSPS) is 10.8. The summed E-state index contributed by atoms with van der Waals surface area (Å²) in [4.78, 5) is 12.6. The maximum Gasteiger partial charge on any atom is 0.255 e. The molecule has 0 saturated carbocycles. The van der Waals surface area contributed by atoms with Crippen molar-refractivity contribution in [3.63, 3.8) is 0 Å². The first-order valence-electron chi connectivity index (χ1n) is 7.36. The van der Waals surface area contributed by atoms with Gasteiger partial charge in [0.2, 0.25) is 0 Å². The Bertz CT molecular complexity index is 647. The van der Waals surface area contributed by atoms with Gasteiger partial charge in [0.05, 0.1) is 5.69 Å². The summed E-state index contributed by atoms with van der Waals surface area (Å²) >= 11 is 5.92. The maximum absolute atomic E-state index is 12.6. The molecule has 1 N–H and O–H groups in total. The Morgan fingerprint density at radius 1 is 1.10 bits per heavy atom. The van der Waals surface area contributed by atoms with Crippen LogP contribution in [0, 0.1) is 0 Å². The highest BCUT2D eigenvalue weighted by molar-refractivity contribution is 6.30. The molecular weight excluding hydrogens is 284 g/mol. The van der Waals surface area contributed by atoms with Gasteiger partial charge in [0.15, 0.2) is 0 Å². The summed E-state index contributed by atoms with van der Waals surface area (Å²) in [6.07, 6.45) is 1.06. The number of nitrogens with zero attached hydrogens (tertiary/aromatic N) is 1. The Labute approximate surface area is 130 Å². The number of benzene rings is 1. The van der Waals surface area contributed by atoms with Crippen molar-refractivity contribution in [2.24, 2.45) is 0 Å². The van der Waals surface area contributed by atoms with Gasteiger partial charge in [0.1, 0.15) is 0 Å². The predicted molar refractivity (Wildman–Crippen MR) is 88.8 cm³/mol. The fourth-order valence-electron chi connectivity index (χ4n) is 2.34. The molecule has 2 rings (SSSR count). The van der Waals surface area contributed by atoms with Crippen molar-refractivity contribution >= 4 is 11.6 Å². The second-order valence-corrected chi connectivity index (χ2v) is 5.41. The van der Waals surface area contributed by atoms with Crippen molar-refractivity contribution in [3.8, 4) is 11.3 Å². The van der Waals surface area contributed by atoms with Crippen molar-refractivity contribution in [1.29, 1.82) is 0 Å². The van der Waals surface area contributed by atoms with Crippen molar-refractivity contribution in [2.75, 3.05) is 6.54 Å². The van der Waals surface area contributed by atoms with E-state index in [4.69, 9.17) is 11.6 Å². The Morgan fingerprint density at radius 2 is 1.81 bits per heavy atom. The van der Waals surface area contributed by atoms with Crippen LogP contribution in [0.2, 0.25) is 5.02 Å². The van der Waals surface area contributed by atoms with Crippen LogP contribution < -0.4 is 10.9 Å². The van der Waals surface area contributed by atoms with Gasteiger partial charge in [0, 0.05) is 23.7 Å². The Kier molecular flexibility index (Phi) is 5.59. The molecule has 0 atom stereocenters. The fraction of sp³-hybridized carbons (Fsp3) is 0.353. The number of hydrogen-bond acceptors (Lipinski definition) is 2. The molecule has 1 aromatic heterocycles. The summed E-state index contributed by atoms with van der Waals surface area (Å²) < 4.78 is 1.81. The van der Waals surface area contributed by atoms with Gasteiger partial charge >= 0.3 is 0 Å². The third-order valence-corrected chi connectivity index (χ3v) is 3.70. The first-order valence-corrected chi connectivity index (χ1v) is 7.74. The number of halogens is 1. The standard InChI is InChI=1S/C17H21ClN2O/c1-3-11-19-12-14-7-10-16(20(4-2)17(14)21)13-5-8-15(18)9-6-13/h5-10,19H,3-4,11-12H2,1-2H3. The third-order valence-electron chi connectivity index (χ3n) is 3.45. The zero-order valence-electron chi connectivity index (χ0n) is 12.5. The molecule has 0 radical (unpaired) electrons. The molecule has 1 aromatic carbocycles. The molecule has 21 heavy (non-hydrogen) atoms. The van der Waals surface area contributed by atoms with Gasteiger partial charge in [-0.1, -0.05) is 36.7 Å². The highest BCUT2D eigenvalue weighted by atomic mass is 35.5. The molecule has 0 aliphatic carbocycles. The molecule has 3 nitrogen and oxygen atoms in total. The zero-order valence-corrected chi connectivity index (χ0v) is 13.3. The highest BCUT2D eigenvalue weighted by Gasteiger charge is 2.09. The number of rotatable bonds is 6. The van der Waals surface area contributed by atoms with Crippen LogP contribution in [-0.2, 0) is 13.1 Å². The van der Waals surface area contributed by atoms with Gasteiger partial charge in [-0.25, -0.2) is 0 Å². The van der Waals surface area contributed by atoms with Crippen LogP contribution in [-0.4, -0.2) is 11.1 Å². The molecule has 0 aliphatic heterocycles. The SMILES string of the molecule is CCCNCc1ccc(-c2ccc(Cl)cc2)n(CC)c1=O. The molecule has 2 aromatic rings. The van der Waals surface area contributed by atoms with E-state index in [1.54, 1.807) is 0 Å². The first-order chi connectivity index (χ1) is 10.2. The molecule has 0 aliphatic rings. The monoisotopic (exact) mass is 304 g/mol. The second-order valence-electron chi connectivity index (χ2n) is 4.98. The minimum atomic E-state index is 0.0774. The van der Waals surface area contributed by atoms with Gasteiger partial charge in [-0.05, 0) is 43.7 Å². The van der Waals surface area contributed by atoms with E-state index in [2.05, 4.69) is 12.2 Å². The van der Waals surface area contributed by atoms with E-state index >= 15 is 0 Å². The first kappa shape index (κ1) is 15.8. The van der Waals surface area contributed by atoms with Crippen LogP contribution in [0.25, 0.3) is 11.3 Å². The number of aromatic nitrogens is 1. The summed E-state index contributed by atoms with van der Waals surface area (Å²) in [6, 6.07) is 11.5. The van der Waals surface area contributed by atoms with Crippen LogP contribution >= 0.6 is 11.6 Å². The Morgan fingerprint density at radius 3 is 2.43 bits per heavy atom. The van der Waals surface area contributed by atoms with Crippen LogP contribution in [0.3, 0.4) is 0 Å². The van der Waals surface area contributed by atoms with E-state index in [-0.39, 0.29) is 5.56 Å². The number of hydrogen-bond donors (Lipinski definition) is 1. The van der Waals surface area contributed by atoms with Crippen molar-refractivity contribution in [1.82, 2.24) is 9.88 Å². The van der Waals surface area contributed by atoms with Gasteiger partial charge in [-0.2, -0.15) is 0 Å². The number of nitrogens with one attached hydrogen (secondary N) is 1. The molecular formula is C17H21ClN2O. The molecule has 112 valence electrons. The summed E-state index contributed by atoms with van der Waals surface area (Å²) in [5, 5.41) is 3.98. The summed E-state index contributed by atoms with van der Waals surface area (Å²) in [7, 11) is 0. The van der Waals surface area contributed by atoms with E-state index in [1.165, 1.54) is 0 Å². The summed E-state index contributed by atoms with van der Waals surface area (Å²) in [6.45, 7) is 6.29. The van der Waals surface area contributed by atoms with Crippen molar-refractivity contribution in [3.05, 3.63) is 57.3 Å². The number of pyridine rings is 1. The van der Waals surface area contributed by atoms with Crippen LogP contribution in [0.5, 0.6) is 0 Å². The lowest BCUT2D eigenvalue weighted by atomic mass is 10.1. The van der Waals surface area contributed by atoms with E-state index < -0.39 is 0 Å². The van der Waals surface area contributed by atoms with E-state index in [1.807, 2.05) is 47.9 Å². The zero-order chi connectivity index (χ0) is 15.2. The summed E-state index contributed by atoms with van der Waals surface area (Å²) in [5.41, 5.74) is 2.82. The quantitative estimate of drug-likeness (QED) is 0.826. The minimum absolute atomic E-state index is 0.0774. The second kappa shape index (κ2) is 7.43. The van der Waals surface area contributed by atoms with E-state index in [0.717, 1.165) is 29.8 Å². The van der Waals surface area contributed by atoms with Crippen molar-refractivity contribution < 1.29 is 0 Å². The average Bonchev–Trinajstić information content (AvgIpc) is 2.50. The lowest BCUT2D eigenvalue weighted by Gasteiger charge is -2.13. The Hall–Kier alpha value is -1.58. The molecule has 0 saturated heterocycles. The molecule has 0 spiro atoms. The van der Waals surface area contributed by atoms with Gasteiger partial charge in [-0.15, -0.1) is 0 Å². The van der Waals surface area contributed by atoms with E-state index in [0.29, 0.717) is 18.1 Å². The summed E-state index contributed by atoms with van der Waals surface area (Å²) in [5.74, 6) is 0. The third kappa shape index (κ3) is 3.74. The van der Waals surface area contributed by atoms with Crippen molar-refractivity contribution in [2.45, 2.75) is 33.4 Å². The largest absolute Gasteiger partial charge is 0.312 e. The van der Waals surface area contributed by atoms with Gasteiger partial charge < -0.3 is 9.88 Å². The van der Waals surface area contributed by atoms with Crippen LogP contribution in [0.15, 0.2) is 41.2 Å².